The Morgan fingerprint density at radius 2 is 1.98 bits per heavy atom. The molecule has 5 rings (SSSR count). The Labute approximate surface area is 243 Å². The first kappa shape index (κ1) is 28.6. The van der Waals surface area contributed by atoms with Crippen LogP contribution in [0.25, 0.3) is 11.3 Å². The Morgan fingerprint density at radius 3 is 2.65 bits per heavy atom. The Balaban J connectivity index is 1.71. The second kappa shape index (κ2) is 10.8. The molecule has 2 aliphatic rings. The molecule has 0 bridgehead atoms. The fourth-order valence-electron chi connectivity index (χ4n) is 5.33. The number of nitrogens with zero attached hydrogens (tertiary/aromatic N) is 6. The van der Waals surface area contributed by atoms with Crippen LogP contribution in [-0.2, 0) is 4.79 Å². The van der Waals surface area contributed by atoms with Crippen LogP contribution in [0.3, 0.4) is 0 Å². The van der Waals surface area contributed by atoms with Gasteiger partial charge in [-0.1, -0.05) is 0 Å². The molecule has 2 aromatic heterocycles. The molecule has 0 spiro atoms. The van der Waals surface area contributed by atoms with E-state index in [0.717, 1.165) is 10.7 Å². The molecule has 0 saturated carbocycles. The predicted molar refractivity (Wildman–Crippen MR) is 164 cm³/mol. The van der Waals surface area contributed by atoms with Crippen molar-refractivity contribution >= 4 is 53.3 Å². The second-order valence-electron chi connectivity index (χ2n) is 10.7. The molecule has 212 valence electrons. The Bertz CT molecular complexity index is 1510. The number of amidine groups is 1. The van der Waals surface area contributed by atoms with Gasteiger partial charge in [0.1, 0.15) is 0 Å². The fourth-order valence-corrected chi connectivity index (χ4v) is 8.95. The summed E-state index contributed by atoms with van der Waals surface area (Å²) in [4.78, 5) is 38.0. The molecule has 1 fully saturated rings. The van der Waals surface area contributed by atoms with E-state index in [2.05, 4.69) is 16.5 Å². The van der Waals surface area contributed by atoms with Crippen molar-refractivity contribution in [2.24, 2.45) is 4.76 Å². The van der Waals surface area contributed by atoms with Gasteiger partial charge in [0.25, 0.3) is 0 Å². The third-order valence-electron chi connectivity index (χ3n) is 7.32. The van der Waals surface area contributed by atoms with Gasteiger partial charge in [-0.3, -0.25) is 0 Å². The molecule has 2 atom stereocenters. The number of fused-ring (bicyclic) bond motifs is 1. The zero-order chi connectivity index (χ0) is 28.9. The van der Waals surface area contributed by atoms with Gasteiger partial charge in [0.2, 0.25) is 0 Å². The van der Waals surface area contributed by atoms with Crippen molar-refractivity contribution in [1.29, 1.82) is 0 Å². The summed E-state index contributed by atoms with van der Waals surface area (Å²) in [5.41, 5.74) is 3.77. The van der Waals surface area contributed by atoms with Crippen LogP contribution in [0.2, 0.25) is 5.02 Å². The first-order chi connectivity index (χ1) is 18.9. The maximum absolute atomic E-state index is 14.9. The number of amides is 1. The molecule has 1 saturated heterocycles. The maximum atomic E-state index is 14.9. The standard InChI is InChI=1S/C28H33ClFN6O2PS/c1-7-23(37)34-13-18(5)35(14-17(34)4)27-20-12-21(29)25(19-10-8-9-11-22(19)30)32-26(20)36(39(6,38)33-27)28-24(16(2)3)31-15-40-28/h7-12,15-18,38-39H,1,13-14H2,2-6H3/t17-,18+/m1/s1. The molecular formula is C28H33ClFN6O2PS. The zero-order valence-electron chi connectivity index (χ0n) is 23.1. The summed E-state index contributed by atoms with van der Waals surface area (Å²) < 4.78 is 21.7. The molecular weight excluding hydrogens is 570 g/mol. The van der Waals surface area contributed by atoms with Crippen LogP contribution >= 0.6 is 30.7 Å². The van der Waals surface area contributed by atoms with Crippen LogP contribution in [-0.4, -0.2) is 68.2 Å². The molecule has 40 heavy (non-hydrogen) atoms. The number of benzene rings is 1. The van der Waals surface area contributed by atoms with Crippen molar-refractivity contribution in [1.82, 2.24) is 19.8 Å². The van der Waals surface area contributed by atoms with Crippen molar-refractivity contribution in [3.8, 4) is 11.3 Å². The van der Waals surface area contributed by atoms with Crippen LogP contribution < -0.4 is 4.67 Å². The van der Waals surface area contributed by atoms with Crippen LogP contribution in [0, 0.1) is 5.82 Å². The third kappa shape index (κ3) is 4.91. The van der Waals surface area contributed by atoms with Gasteiger partial charge in [-0.2, -0.15) is 0 Å². The van der Waals surface area contributed by atoms with Gasteiger partial charge in [0, 0.05) is 0 Å². The molecule has 2 aliphatic heterocycles. The van der Waals surface area contributed by atoms with E-state index in [0.29, 0.717) is 30.3 Å². The fraction of sp³-hybridized carbons (Fsp3) is 0.357. The number of hydrogen-bond acceptors (Lipinski definition) is 8. The molecule has 0 unspecified atom stereocenters. The average molecular weight is 603 g/mol. The first-order valence-corrected chi connectivity index (χ1v) is 16.8. The predicted octanol–water partition coefficient (Wildman–Crippen LogP) is 6.24. The summed E-state index contributed by atoms with van der Waals surface area (Å²) in [6.07, 6.45) is 1.33. The Kier molecular flexibility index (Phi) is 7.74. The van der Waals surface area contributed by atoms with Gasteiger partial charge < -0.3 is 0 Å². The zero-order valence-corrected chi connectivity index (χ0v) is 25.7. The number of thiazole rings is 1. The molecule has 1 aromatic carbocycles. The second-order valence-corrected chi connectivity index (χ2v) is 14.5. The first-order valence-electron chi connectivity index (χ1n) is 13.2. The number of carbonyl (C=O) groups excluding carboxylic acids is 1. The van der Waals surface area contributed by atoms with Gasteiger partial charge in [-0.15, -0.1) is 0 Å². The molecule has 12 heteroatoms. The summed E-state index contributed by atoms with van der Waals surface area (Å²) in [5, 5.41) is 1.03. The van der Waals surface area contributed by atoms with Crippen molar-refractivity contribution < 1.29 is 14.1 Å². The van der Waals surface area contributed by atoms with E-state index in [-0.39, 0.29) is 40.2 Å². The third-order valence-corrected chi connectivity index (χ3v) is 10.5. The SMILES string of the molecule is C=CC(=O)N1C[C@H](C)N(C2=N[PH](C)(O)N(c3scnc3C(C)C)c3nc(-c4ccccc4F)c(Cl)cc32)C[C@H]1C. The molecule has 3 aromatic rings. The summed E-state index contributed by atoms with van der Waals surface area (Å²) in [7, 11) is -3.60. The molecule has 4 heterocycles. The van der Waals surface area contributed by atoms with Gasteiger partial charge in [0.05, 0.1) is 0 Å². The minimum absolute atomic E-state index is 0.0922. The summed E-state index contributed by atoms with van der Waals surface area (Å²) >= 11 is 8.21. The number of pyridine rings is 1. The number of hydrogen-bond donors (Lipinski definition) is 1. The van der Waals surface area contributed by atoms with E-state index in [1.807, 2.05) is 27.7 Å². The van der Waals surface area contributed by atoms with Crippen molar-refractivity contribution in [3.63, 3.8) is 0 Å². The monoisotopic (exact) mass is 602 g/mol. The number of halogens is 2. The van der Waals surface area contributed by atoms with Crippen LogP contribution in [0.1, 0.15) is 44.9 Å². The van der Waals surface area contributed by atoms with E-state index in [1.54, 1.807) is 46.0 Å². The van der Waals surface area contributed by atoms with Crippen LogP contribution in [0.5, 0.6) is 0 Å². The minimum atomic E-state index is -3.60. The van der Waals surface area contributed by atoms with Crippen LogP contribution in [0.4, 0.5) is 15.2 Å². The number of aromatic nitrogens is 2. The van der Waals surface area contributed by atoms with Gasteiger partial charge in [-0.05, 0) is 0 Å². The van der Waals surface area contributed by atoms with Crippen molar-refractivity contribution in [3.05, 3.63) is 70.6 Å². The molecule has 1 amide bonds. The van der Waals surface area contributed by atoms with E-state index >= 15 is 0 Å². The van der Waals surface area contributed by atoms with Crippen molar-refractivity contribution in [2.75, 3.05) is 24.4 Å². The van der Waals surface area contributed by atoms with Gasteiger partial charge >= 0.3 is 244 Å². The Morgan fingerprint density at radius 1 is 1.25 bits per heavy atom. The Hall–Kier alpha value is -2.91. The molecule has 8 nitrogen and oxygen atoms in total. The summed E-state index contributed by atoms with van der Waals surface area (Å²) in [5.74, 6) is 0.555. The topological polar surface area (TPSA) is 85.2 Å². The quantitative estimate of drug-likeness (QED) is 0.281. The average Bonchev–Trinajstić information content (AvgIpc) is 3.38. The van der Waals surface area contributed by atoms with E-state index in [1.165, 1.54) is 23.5 Å². The van der Waals surface area contributed by atoms with Gasteiger partial charge in [0.15, 0.2) is 0 Å². The summed E-state index contributed by atoms with van der Waals surface area (Å²) in [6, 6.07) is 7.89. The number of anilines is 2. The van der Waals surface area contributed by atoms with Crippen molar-refractivity contribution in [2.45, 2.75) is 45.7 Å². The molecule has 0 radical (unpaired) electrons. The summed E-state index contributed by atoms with van der Waals surface area (Å²) in [6.45, 7) is 14.4. The number of rotatable bonds is 4. The van der Waals surface area contributed by atoms with Crippen LogP contribution in [0.15, 0.2) is 53.3 Å². The van der Waals surface area contributed by atoms with E-state index in [9.17, 15) is 14.1 Å². The normalized spacial score (nSPS) is 21.2. The van der Waals surface area contributed by atoms with Gasteiger partial charge in [-0.25, -0.2) is 0 Å². The number of piperazine rings is 1. The van der Waals surface area contributed by atoms with E-state index < -0.39 is 13.6 Å². The molecule has 0 aliphatic carbocycles. The molecule has 1 N–H and O–H groups in total. The number of carbonyl (C=O) groups is 1. The van der Waals surface area contributed by atoms with E-state index in [4.69, 9.17) is 21.3 Å².